The van der Waals surface area contributed by atoms with Crippen molar-refractivity contribution in [1.82, 2.24) is 20.5 Å². The van der Waals surface area contributed by atoms with Crippen LogP contribution in [0.5, 0.6) is 0 Å². The molecule has 0 saturated carbocycles. The Morgan fingerprint density at radius 3 is 2.70 bits per heavy atom. The van der Waals surface area contributed by atoms with Gasteiger partial charge in [-0.15, -0.1) is 16.4 Å². The smallest absolute Gasteiger partial charge is 0.231 e. The summed E-state index contributed by atoms with van der Waals surface area (Å²) in [5, 5.41) is 12.9. The monoisotopic (exact) mass is 498 g/mol. The largest absolute Gasteiger partial charge is 0.344 e. The first-order chi connectivity index (χ1) is 14.6. The summed E-state index contributed by atoms with van der Waals surface area (Å²) in [5.74, 6) is 0.841. The molecule has 0 aliphatic carbocycles. The molecule has 0 aliphatic heterocycles. The molecule has 1 unspecified atom stereocenters. The van der Waals surface area contributed by atoms with Crippen LogP contribution in [-0.2, 0) is 4.79 Å². The van der Waals surface area contributed by atoms with E-state index in [1.807, 2.05) is 41.8 Å². The van der Waals surface area contributed by atoms with Crippen molar-refractivity contribution in [2.45, 2.75) is 18.1 Å². The van der Waals surface area contributed by atoms with Gasteiger partial charge in [-0.25, -0.2) is 4.98 Å². The molecular formula is C22H19BrN4OS2. The Morgan fingerprint density at radius 1 is 1.17 bits per heavy atom. The van der Waals surface area contributed by atoms with Crippen LogP contribution < -0.4 is 5.32 Å². The second kappa shape index (κ2) is 9.59. The molecule has 8 heteroatoms. The molecule has 0 saturated heterocycles. The van der Waals surface area contributed by atoms with Gasteiger partial charge < -0.3 is 5.32 Å². The highest BCUT2D eigenvalue weighted by Gasteiger charge is 2.18. The Balaban J connectivity index is 1.42. The van der Waals surface area contributed by atoms with Crippen LogP contribution in [0.4, 0.5) is 0 Å². The van der Waals surface area contributed by atoms with Gasteiger partial charge in [0.1, 0.15) is 0 Å². The number of nitrogens with one attached hydrogen (secondary N) is 2. The fourth-order valence-corrected chi connectivity index (χ4v) is 4.84. The maximum absolute atomic E-state index is 12.7. The van der Waals surface area contributed by atoms with E-state index in [1.165, 1.54) is 17.3 Å². The van der Waals surface area contributed by atoms with Crippen molar-refractivity contribution in [1.29, 1.82) is 0 Å². The second-order valence-electron chi connectivity index (χ2n) is 6.66. The van der Waals surface area contributed by atoms with Gasteiger partial charge in [0.05, 0.1) is 11.8 Å². The van der Waals surface area contributed by atoms with Crippen LogP contribution in [-0.4, -0.2) is 26.8 Å². The highest BCUT2D eigenvalue weighted by Crippen LogP contribution is 2.28. The van der Waals surface area contributed by atoms with Gasteiger partial charge in [0.25, 0.3) is 0 Å². The lowest BCUT2D eigenvalue weighted by Gasteiger charge is -2.18. The zero-order valence-electron chi connectivity index (χ0n) is 16.1. The maximum atomic E-state index is 12.7. The highest BCUT2D eigenvalue weighted by molar-refractivity contribution is 9.10. The first-order valence-electron chi connectivity index (χ1n) is 9.29. The number of halogens is 1. The van der Waals surface area contributed by atoms with Crippen LogP contribution in [0.15, 0.2) is 75.7 Å². The fourth-order valence-electron chi connectivity index (χ4n) is 2.95. The normalized spacial score (nSPS) is 11.9. The lowest BCUT2D eigenvalue weighted by Crippen LogP contribution is -2.30. The maximum Gasteiger partial charge on any atom is 0.231 e. The number of thioether (sulfide) groups is 1. The van der Waals surface area contributed by atoms with Crippen molar-refractivity contribution in [3.05, 3.63) is 86.5 Å². The Labute approximate surface area is 191 Å². The zero-order valence-corrected chi connectivity index (χ0v) is 19.4. The molecule has 4 rings (SSSR count). The first kappa shape index (κ1) is 20.8. The number of H-pyrrole nitrogens is 1. The van der Waals surface area contributed by atoms with Crippen molar-refractivity contribution in [2.75, 3.05) is 5.75 Å². The van der Waals surface area contributed by atoms with Crippen molar-refractivity contribution < 1.29 is 4.79 Å². The summed E-state index contributed by atoms with van der Waals surface area (Å²) in [6, 6.07) is 19.9. The number of aromatic amines is 1. The van der Waals surface area contributed by atoms with Gasteiger partial charge in [-0.1, -0.05) is 81.8 Å². The van der Waals surface area contributed by atoms with Crippen molar-refractivity contribution in [3.63, 3.8) is 0 Å². The molecule has 152 valence electrons. The van der Waals surface area contributed by atoms with Crippen molar-refractivity contribution >= 4 is 44.9 Å². The molecule has 1 atom stereocenters. The number of carbonyl (C=O) groups is 1. The van der Waals surface area contributed by atoms with Gasteiger partial charge in [0.15, 0.2) is 5.82 Å². The standard InChI is InChI=1S/C22H19BrN4OS2/c1-14-8-10-15(11-9-14)20(18-7-4-12-29-18)24-19(28)13-30-22-25-21(26-27-22)16-5-2-3-6-17(16)23/h2-12,20H,13H2,1H3,(H,24,28)(H,25,26,27). The minimum absolute atomic E-state index is 0.0637. The average molecular weight is 499 g/mol. The van der Waals surface area contributed by atoms with Crippen LogP contribution in [0.2, 0.25) is 0 Å². The molecule has 2 heterocycles. The summed E-state index contributed by atoms with van der Waals surface area (Å²) in [6.07, 6.45) is 0. The topological polar surface area (TPSA) is 70.7 Å². The van der Waals surface area contributed by atoms with Gasteiger partial charge in [-0.2, -0.15) is 0 Å². The highest BCUT2D eigenvalue weighted by atomic mass is 79.9. The van der Waals surface area contributed by atoms with Crippen LogP contribution in [0.1, 0.15) is 22.0 Å². The molecular weight excluding hydrogens is 480 g/mol. The molecule has 0 radical (unpaired) electrons. The molecule has 2 aromatic carbocycles. The summed E-state index contributed by atoms with van der Waals surface area (Å²) in [5.41, 5.74) is 3.19. The van der Waals surface area contributed by atoms with E-state index in [9.17, 15) is 4.79 Å². The van der Waals surface area contributed by atoms with Gasteiger partial charge in [-0.05, 0) is 30.0 Å². The predicted octanol–water partition coefficient (Wildman–Crippen LogP) is 5.60. The molecule has 1 amide bonds. The Bertz CT molecular complexity index is 1130. The summed E-state index contributed by atoms with van der Waals surface area (Å²) < 4.78 is 0.937. The van der Waals surface area contributed by atoms with E-state index in [1.54, 1.807) is 11.3 Å². The van der Waals surface area contributed by atoms with Crippen LogP contribution in [0.25, 0.3) is 11.4 Å². The lowest BCUT2D eigenvalue weighted by molar-refractivity contribution is -0.119. The van der Waals surface area contributed by atoms with Gasteiger partial charge in [-0.3, -0.25) is 9.89 Å². The number of benzene rings is 2. The second-order valence-corrected chi connectivity index (χ2v) is 9.44. The minimum atomic E-state index is -0.165. The third-order valence-corrected chi connectivity index (χ3v) is 6.95. The summed E-state index contributed by atoms with van der Waals surface area (Å²) >= 11 is 6.46. The Morgan fingerprint density at radius 2 is 1.97 bits per heavy atom. The predicted molar refractivity (Wildman–Crippen MR) is 126 cm³/mol. The van der Waals surface area contributed by atoms with Crippen LogP contribution in [0, 0.1) is 6.92 Å². The van der Waals surface area contributed by atoms with Crippen molar-refractivity contribution in [2.24, 2.45) is 0 Å². The molecule has 0 spiro atoms. The molecule has 4 aromatic rings. The molecule has 2 N–H and O–H groups in total. The number of rotatable bonds is 7. The molecule has 30 heavy (non-hydrogen) atoms. The third kappa shape index (κ3) is 5.00. The molecule has 0 fully saturated rings. The average Bonchev–Trinajstić information content (AvgIpc) is 3.44. The number of thiophene rings is 1. The van der Waals surface area contributed by atoms with E-state index in [2.05, 4.69) is 67.6 Å². The third-order valence-electron chi connectivity index (χ3n) is 4.47. The molecule has 0 bridgehead atoms. The summed E-state index contributed by atoms with van der Waals surface area (Å²) in [4.78, 5) is 18.3. The quantitative estimate of drug-likeness (QED) is 0.325. The number of nitrogens with zero attached hydrogens (tertiary/aromatic N) is 2. The van der Waals surface area contributed by atoms with E-state index >= 15 is 0 Å². The Hall–Kier alpha value is -2.42. The number of carbonyl (C=O) groups excluding carboxylic acids is 1. The fraction of sp³-hybridized carbons (Fsp3) is 0.136. The number of hydrogen-bond acceptors (Lipinski definition) is 5. The van der Waals surface area contributed by atoms with E-state index in [-0.39, 0.29) is 17.7 Å². The molecule has 5 nitrogen and oxygen atoms in total. The van der Waals surface area contributed by atoms with Gasteiger partial charge >= 0.3 is 0 Å². The van der Waals surface area contributed by atoms with Gasteiger partial charge in [0.2, 0.25) is 11.1 Å². The number of aromatic nitrogens is 3. The van der Waals surface area contributed by atoms with Gasteiger partial charge in [0, 0.05) is 14.9 Å². The SMILES string of the molecule is Cc1ccc(C(NC(=O)CSc2n[nH]c(-c3ccccc3Br)n2)c2cccs2)cc1. The summed E-state index contributed by atoms with van der Waals surface area (Å²) in [6.45, 7) is 2.05. The first-order valence-corrected chi connectivity index (χ1v) is 12.0. The van der Waals surface area contributed by atoms with E-state index in [0.717, 1.165) is 20.5 Å². The lowest BCUT2D eigenvalue weighted by atomic mass is 10.0. The van der Waals surface area contributed by atoms with Crippen LogP contribution >= 0.6 is 39.0 Å². The van der Waals surface area contributed by atoms with E-state index < -0.39 is 0 Å². The molecule has 2 aromatic heterocycles. The minimum Gasteiger partial charge on any atom is -0.344 e. The zero-order chi connectivity index (χ0) is 20.9. The van der Waals surface area contributed by atoms with E-state index in [4.69, 9.17) is 0 Å². The van der Waals surface area contributed by atoms with Crippen molar-refractivity contribution in [3.8, 4) is 11.4 Å². The Kier molecular flexibility index (Phi) is 6.66. The van der Waals surface area contributed by atoms with E-state index in [0.29, 0.717) is 11.0 Å². The van der Waals surface area contributed by atoms with Crippen LogP contribution in [0.3, 0.4) is 0 Å². The number of hydrogen-bond donors (Lipinski definition) is 2. The summed E-state index contributed by atoms with van der Waals surface area (Å²) in [7, 11) is 0. The number of amides is 1. The molecule has 0 aliphatic rings. The number of aryl methyl sites for hydroxylation is 1.